The largest absolute Gasteiger partial charge is 0.493 e. The van der Waals surface area contributed by atoms with Gasteiger partial charge in [-0.25, -0.2) is 0 Å². The molecule has 3 aromatic rings. The molecule has 0 aliphatic carbocycles. The van der Waals surface area contributed by atoms with Crippen molar-refractivity contribution in [3.63, 3.8) is 0 Å². The molecule has 5 heteroatoms. The molecule has 0 saturated heterocycles. The Kier molecular flexibility index (Phi) is 4.75. The summed E-state index contributed by atoms with van der Waals surface area (Å²) in [4.78, 5) is 12.6. The van der Waals surface area contributed by atoms with Crippen LogP contribution >= 0.6 is 0 Å². The van der Waals surface area contributed by atoms with E-state index in [1.54, 1.807) is 31.4 Å². The fraction of sp³-hybridized carbons (Fsp3) is 0.150. The molecular weight excluding hydrogens is 316 g/mol. The van der Waals surface area contributed by atoms with Crippen molar-refractivity contribution < 1.29 is 14.3 Å². The van der Waals surface area contributed by atoms with Crippen molar-refractivity contribution in [2.24, 2.45) is 7.05 Å². The number of carbonyl (C=O) groups is 1. The van der Waals surface area contributed by atoms with E-state index < -0.39 is 0 Å². The van der Waals surface area contributed by atoms with Gasteiger partial charge in [0.2, 0.25) is 0 Å². The van der Waals surface area contributed by atoms with E-state index in [0.29, 0.717) is 23.7 Å². The summed E-state index contributed by atoms with van der Waals surface area (Å²) in [6.07, 6.45) is 3.62. The van der Waals surface area contributed by atoms with E-state index in [2.05, 4.69) is 11.9 Å². The number of fused-ring (bicyclic) bond motifs is 1. The van der Waals surface area contributed by atoms with Gasteiger partial charge >= 0.3 is 0 Å². The molecule has 0 radical (unpaired) electrons. The van der Waals surface area contributed by atoms with Gasteiger partial charge in [-0.05, 0) is 36.4 Å². The minimum atomic E-state index is -0.204. The van der Waals surface area contributed by atoms with Crippen LogP contribution in [0.3, 0.4) is 0 Å². The summed E-state index contributed by atoms with van der Waals surface area (Å²) in [7, 11) is 3.52. The lowest BCUT2D eigenvalue weighted by atomic mass is 10.1. The second-order valence-electron chi connectivity index (χ2n) is 5.58. The van der Waals surface area contributed by atoms with Crippen LogP contribution in [0.4, 0.5) is 5.69 Å². The third kappa shape index (κ3) is 3.35. The quantitative estimate of drug-likeness (QED) is 0.692. The van der Waals surface area contributed by atoms with Gasteiger partial charge in [0.1, 0.15) is 6.61 Å². The highest BCUT2D eigenvalue weighted by atomic mass is 16.5. The minimum Gasteiger partial charge on any atom is -0.493 e. The van der Waals surface area contributed by atoms with Crippen LogP contribution in [0.15, 0.2) is 61.3 Å². The SMILES string of the molecule is C=CCOc1ccc(C(=O)Nc2cccc3c2ccn3C)cc1OC. The summed E-state index contributed by atoms with van der Waals surface area (Å²) in [5.74, 6) is 0.876. The first-order valence-electron chi connectivity index (χ1n) is 7.91. The zero-order valence-corrected chi connectivity index (χ0v) is 14.3. The molecule has 0 saturated carbocycles. The molecular formula is C20H20N2O3. The van der Waals surface area contributed by atoms with Crippen LogP contribution in [0.25, 0.3) is 10.9 Å². The van der Waals surface area contributed by atoms with E-state index in [1.165, 1.54) is 0 Å². The first kappa shape index (κ1) is 16.6. The number of aromatic nitrogens is 1. The van der Waals surface area contributed by atoms with Gasteiger partial charge < -0.3 is 19.4 Å². The zero-order chi connectivity index (χ0) is 17.8. The first-order valence-corrected chi connectivity index (χ1v) is 7.91. The Labute approximate surface area is 146 Å². The minimum absolute atomic E-state index is 0.204. The summed E-state index contributed by atoms with van der Waals surface area (Å²) in [6.45, 7) is 3.99. The van der Waals surface area contributed by atoms with Crippen LogP contribution in [-0.2, 0) is 7.05 Å². The van der Waals surface area contributed by atoms with Crippen molar-refractivity contribution in [3.05, 3.63) is 66.9 Å². The number of nitrogens with zero attached hydrogens (tertiary/aromatic N) is 1. The van der Waals surface area contributed by atoms with Crippen LogP contribution in [0.1, 0.15) is 10.4 Å². The van der Waals surface area contributed by atoms with Crippen LogP contribution in [0.2, 0.25) is 0 Å². The van der Waals surface area contributed by atoms with Crippen molar-refractivity contribution in [2.45, 2.75) is 0 Å². The normalized spacial score (nSPS) is 10.5. The Hall–Kier alpha value is -3.21. The van der Waals surface area contributed by atoms with Gasteiger partial charge in [-0.3, -0.25) is 4.79 Å². The third-order valence-electron chi connectivity index (χ3n) is 3.96. The maximum absolute atomic E-state index is 12.6. The predicted molar refractivity (Wildman–Crippen MR) is 99.6 cm³/mol. The molecule has 5 nitrogen and oxygen atoms in total. The lowest BCUT2D eigenvalue weighted by Crippen LogP contribution is -2.12. The molecule has 0 aliphatic heterocycles. The molecule has 0 unspecified atom stereocenters. The maximum Gasteiger partial charge on any atom is 0.255 e. The van der Waals surface area contributed by atoms with Gasteiger partial charge in [0, 0.05) is 29.7 Å². The van der Waals surface area contributed by atoms with E-state index in [9.17, 15) is 4.79 Å². The van der Waals surface area contributed by atoms with Gasteiger partial charge in [0.25, 0.3) is 5.91 Å². The summed E-state index contributed by atoms with van der Waals surface area (Å²) < 4.78 is 12.8. The van der Waals surface area contributed by atoms with Crippen LogP contribution < -0.4 is 14.8 Å². The van der Waals surface area contributed by atoms with E-state index >= 15 is 0 Å². The Morgan fingerprint density at radius 2 is 2.08 bits per heavy atom. The van der Waals surface area contributed by atoms with Crippen LogP contribution in [0, 0.1) is 0 Å². The number of benzene rings is 2. The molecule has 128 valence electrons. The highest BCUT2D eigenvalue weighted by Crippen LogP contribution is 2.29. The van der Waals surface area contributed by atoms with E-state index in [1.807, 2.05) is 42.1 Å². The van der Waals surface area contributed by atoms with E-state index in [4.69, 9.17) is 9.47 Å². The Morgan fingerprint density at radius 3 is 2.84 bits per heavy atom. The summed E-state index contributed by atoms with van der Waals surface area (Å²) in [5.41, 5.74) is 2.33. The van der Waals surface area contributed by atoms with Gasteiger partial charge in [-0.15, -0.1) is 0 Å². The molecule has 0 fully saturated rings. The van der Waals surface area contributed by atoms with Crippen LogP contribution in [0.5, 0.6) is 11.5 Å². The van der Waals surface area contributed by atoms with E-state index in [-0.39, 0.29) is 5.91 Å². The number of hydrogen-bond donors (Lipinski definition) is 1. The smallest absolute Gasteiger partial charge is 0.255 e. The Morgan fingerprint density at radius 1 is 1.24 bits per heavy atom. The zero-order valence-electron chi connectivity index (χ0n) is 14.3. The number of rotatable bonds is 6. The summed E-state index contributed by atoms with van der Waals surface area (Å²) in [6, 6.07) is 12.9. The number of hydrogen-bond acceptors (Lipinski definition) is 3. The molecule has 1 heterocycles. The Bertz CT molecular complexity index is 928. The predicted octanol–water partition coefficient (Wildman–Crippen LogP) is 4.00. The number of ether oxygens (including phenoxy) is 2. The highest BCUT2D eigenvalue weighted by molar-refractivity contribution is 6.09. The van der Waals surface area contributed by atoms with Crippen molar-refractivity contribution in [1.82, 2.24) is 4.57 Å². The molecule has 3 rings (SSSR count). The second kappa shape index (κ2) is 7.13. The number of nitrogens with one attached hydrogen (secondary N) is 1. The lowest BCUT2D eigenvalue weighted by molar-refractivity contribution is 0.102. The highest BCUT2D eigenvalue weighted by Gasteiger charge is 2.13. The lowest BCUT2D eigenvalue weighted by Gasteiger charge is -2.12. The molecule has 1 amide bonds. The number of aryl methyl sites for hydroxylation is 1. The molecule has 2 aromatic carbocycles. The summed E-state index contributed by atoms with van der Waals surface area (Å²) >= 11 is 0. The van der Waals surface area contributed by atoms with Crippen molar-refractivity contribution in [3.8, 4) is 11.5 Å². The van der Waals surface area contributed by atoms with Gasteiger partial charge in [-0.1, -0.05) is 18.7 Å². The van der Waals surface area contributed by atoms with Gasteiger partial charge in [0.15, 0.2) is 11.5 Å². The molecule has 0 aliphatic rings. The summed E-state index contributed by atoms with van der Waals surface area (Å²) in [5, 5.41) is 3.96. The van der Waals surface area contributed by atoms with Crippen LogP contribution in [-0.4, -0.2) is 24.2 Å². The maximum atomic E-state index is 12.6. The fourth-order valence-electron chi connectivity index (χ4n) is 2.68. The Balaban J connectivity index is 1.86. The topological polar surface area (TPSA) is 52.5 Å². The first-order chi connectivity index (χ1) is 12.1. The molecule has 0 bridgehead atoms. The van der Waals surface area contributed by atoms with E-state index in [0.717, 1.165) is 16.6 Å². The number of amides is 1. The van der Waals surface area contributed by atoms with Crippen molar-refractivity contribution >= 4 is 22.5 Å². The number of carbonyl (C=O) groups excluding carboxylic acids is 1. The van der Waals surface area contributed by atoms with Gasteiger partial charge in [-0.2, -0.15) is 0 Å². The molecule has 25 heavy (non-hydrogen) atoms. The second-order valence-corrected chi connectivity index (χ2v) is 5.58. The standard InChI is InChI=1S/C20H20N2O3/c1-4-12-25-18-9-8-14(13-19(18)24-3)20(23)21-16-6-5-7-17-15(16)10-11-22(17)2/h4-11,13H,1,12H2,2-3H3,(H,21,23). The molecule has 1 N–H and O–H groups in total. The molecule has 0 spiro atoms. The molecule has 0 atom stereocenters. The number of methoxy groups -OCH3 is 1. The average Bonchev–Trinajstić information content (AvgIpc) is 3.02. The molecule has 1 aromatic heterocycles. The number of anilines is 1. The van der Waals surface area contributed by atoms with Crippen molar-refractivity contribution in [1.29, 1.82) is 0 Å². The average molecular weight is 336 g/mol. The monoisotopic (exact) mass is 336 g/mol. The van der Waals surface area contributed by atoms with Crippen molar-refractivity contribution in [2.75, 3.05) is 19.0 Å². The van der Waals surface area contributed by atoms with Gasteiger partial charge in [0.05, 0.1) is 12.8 Å². The fourth-order valence-corrected chi connectivity index (χ4v) is 2.68. The third-order valence-corrected chi connectivity index (χ3v) is 3.96.